The van der Waals surface area contributed by atoms with E-state index in [0.717, 1.165) is 30.2 Å². The van der Waals surface area contributed by atoms with E-state index in [2.05, 4.69) is 43.0 Å². The normalized spacial score (nSPS) is 11.0. The fourth-order valence-corrected chi connectivity index (χ4v) is 3.24. The molecule has 0 aliphatic heterocycles. The van der Waals surface area contributed by atoms with Crippen molar-refractivity contribution in [3.63, 3.8) is 0 Å². The molecule has 6 nitrogen and oxygen atoms in total. The number of imidazole rings is 1. The summed E-state index contributed by atoms with van der Waals surface area (Å²) < 4.78 is 1.88. The van der Waals surface area contributed by atoms with Crippen molar-refractivity contribution in [3.05, 3.63) is 71.9 Å². The van der Waals surface area contributed by atoms with Crippen LogP contribution < -0.4 is 5.32 Å². The molecule has 4 heterocycles. The van der Waals surface area contributed by atoms with Gasteiger partial charge in [0.15, 0.2) is 0 Å². The van der Waals surface area contributed by atoms with Crippen LogP contribution in [0.1, 0.15) is 11.1 Å². The Bertz CT molecular complexity index is 878. The van der Waals surface area contributed by atoms with E-state index in [9.17, 15) is 0 Å². The highest BCUT2D eigenvalue weighted by atomic mass is 32.1. The van der Waals surface area contributed by atoms with E-state index < -0.39 is 0 Å². The van der Waals surface area contributed by atoms with E-state index in [4.69, 9.17) is 0 Å². The number of rotatable bonds is 6. The molecule has 0 spiro atoms. The molecule has 4 aromatic heterocycles. The van der Waals surface area contributed by atoms with Gasteiger partial charge < -0.3 is 5.32 Å². The van der Waals surface area contributed by atoms with Gasteiger partial charge in [-0.2, -0.15) is 5.10 Å². The van der Waals surface area contributed by atoms with Gasteiger partial charge in [-0.1, -0.05) is 12.1 Å². The van der Waals surface area contributed by atoms with Crippen molar-refractivity contribution in [3.8, 4) is 16.4 Å². The Morgan fingerprint density at radius 3 is 2.92 bits per heavy atom. The van der Waals surface area contributed by atoms with E-state index in [1.165, 1.54) is 10.4 Å². The molecular formula is C17H16N6S. The van der Waals surface area contributed by atoms with Gasteiger partial charge in [0, 0.05) is 37.2 Å². The molecule has 24 heavy (non-hydrogen) atoms. The van der Waals surface area contributed by atoms with E-state index >= 15 is 0 Å². The average molecular weight is 336 g/mol. The van der Waals surface area contributed by atoms with Gasteiger partial charge in [0.05, 0.1) is 16.8 Å². The van der Waals surface area contributed by atoms with Crippen LogP contribution in [0.25, 0.3) is 16.4 Å². The summed E-state index contributed by atoms with van der Waals surface area (Å²) in [5, 5.41) is 12.8. The molecule has 4 aromatic rings. The highest BCUT2D eigenvalue weighted by Crippen LogP contribution is 2.25. The Morgan fingerprint density at radius 1 is 1.17 bits per heavy atom. The molecule has 0 saturated heterocycles. The number of pyridine rings is 1. The summed E-state index contributed by atoms with van der Waals surface area (Å²) in [5.41, 5.74) is 3.39. The van der Waals surface area contributed by atoms with Crippen LogP contribution in [-0.2, 0) is 13.1 Å². The summed E-state index contributed by atoms with van der Waals surface area (Å²) in [7, 11) is 0. The zero-order chi connectivity index (χ0) is 16.2. The fraction of sp³-hybridized carbons (Fsp3) is 0.118. The Hall–Kier alpha value is -2.77. The van der Waals surface area contributed by atoms with Crippen molar-refractivity contribution in [2.45, 2.75) is 13.1 Å². The third-order valence-corrected chi connectivity index (χ3v) is 4.60. The van der Waals surface area contributed by atoms with E-state index in [0.29, 0.717) is 0 Å². The molecule has 0 aliphatic rings. The zero-order valence-corrected chi connectivity index (χ0v) is 13.7. The number of nitrogens with zero attached hydrogens (tertiary/aromatic N) is 4. The molecule has 4 rings (SSSR count). The lowest BCUT2D eigenvalue weighted by Crippen LogP contribution is -2.13. The first-order chi connectivity index (χ1) is 11.9. The minimum Gasteiger partial charge on any atom is -0.308 e. The highest BCUT2D eigenvalue weighted by Gasteiger charge is 2.08. The summed E-state index contributed by atoms with van der Waals surface area (Å²) in [6, 6.07) is 8.21. The minimum atomic E-state index is 0.756. The van der Waals surface area contributed by atoms with Gasteiger partial charge in [0.2, 0.25) is 0 Å². The predicted molar refractivity (Wildman–Crippen MR) is 93.8 cm³/mol. The maximum atomic E-state index is 4.46. The molecule has 0 radical (unpaired) electrons. The van der Waals surface area contributed by atoms with Crippen LogP contribution in [0.4, 0.5) is 0 Å². The quantitative estimate of drug-likeness (QED) is 0.568. The van der Waals surface area contributed by atoms with Crippen LogP contribution in [0.3, 0.4) is 0 Å². The molecule has 0 atom stereocenters. The second kappa shape index (κ2) is 6.77. The molecular weight excluding hydrogens is 320 g/mol. The van der Waals surface area contributed by atoms with Gasteiger partial charge in [-0.05, 0) is 23.1 Å². The van der Waals surface area contributed by atoms with Crippen LogP contribution >= 0.6 is 11.3 Å². The van der Waals surface area contributed by atoms with Gasteiger partial charge >= 0.3 is 0 Å². The van der Waals surface area contributed by atoms with Crippen molar-refractivity contribution in [1.82, 2.24) is 30.0 Å². The Kier molecular flexibility index (Phi) is 4.18. The lowest BCUT2D eigenvalue weighted by atomic mass is 10.2. The van der Waals surface area contributed by atoms with Crippen LogP contribution in [0.15, 0.2) is 60.8 Å². The molecule has 0 aromatic carbocycles. The zero-order valence-electron chi connectivity index (χ0n) is 12.9. The van der Waals surface area contributed by atoms with Crippen LogP contribution in [-0.4, -0.2) is 24.7 Å². The number of H-pyrrole nitrogens is 1. The molecule has 0 saturated carbocycles. The Labute approximate surface area is 143 Å². The number of aromatic nitrogens is 5. The molecule has 2 N–H and O–H groups in total. The van der Waals surface area contributed by atoms with Crippen molar-refractivity contribution < 1.29 is 0 Å². The second-order valence-electron chi connectivity index (χ2n) is 5.35. The first-order valence-electron chi connectivity index (χ1n) is 7.60. The maximum Gasteiger partial charge on any atom is 0.137 e. The van der Waals surface area contributed by atoms with Crippen molar-refractivity contribution >= 4 is 11.3 Å². The van der Waals surface area contributed by atoms with Gasteiger partial charge in [-0.25, -0.2) is 9.97 Å². The van der Waals surface area contributed by atoms with Gasteiger partial charge in [0.25, 0.3) is 0 Å². The SMILES string of the molecule is c1csc(-c2[nH]ncc2CNCc2ccc(-n3ccnc3)nc2)c1. The van der Waals surface area contributed by atoms with Crippen LogP contribution in [0.5, 0.6) is 0 Å². The van der Waals surface area contributed by atoms with Gasteiger partial charge in [0.1, 0.15) is 12.1 Å². The Balaban J connectivity index is 1.37. The van der Waals surface area contributed by atoms with Crippen molar-refractivity contribution in [1.29, 1.82) is 0 Å². The fourth-order valence-electron chi connectivity index (χ4n) is 2.49. The standard InChI is InChI=1S/C17H16N6S/c1-2-15(24-7-1)17-14(11-21-22-17)10-19-8-13-3-4-16(20-9-13)23-6-5-18-12-23/h1-7,9,11-12,19H,8,10H2,(H,21,22). The van der Waals surface area contributed by atoms with Crippen LogP contribution in [0.2, 0.25) is 0 Å². The van der Waals surface area contributed by atoms with Crippen LogP contribution in [0, 0.1) is 0 Å². The Morgan fingerprint density at radius 2 is 2.17 bits per heavy atom. The number of nitrogens with one attached hydrogen (secondary N) is 2. The number of thiophene rings is 1. The van der Waals surface area contributed by atoms with Gasteiger partial charge in [-0.15, -0.1) is 11.3 Å². The summed E-state index contributed by atoms with van der Waals surface area (Å²) in [6.07, 6.45) is 9.13. The van der Waals surface area contributed by atoms with E-state index in [-0.39, 0.29) is 0 Å². The largest absolute Gasteiger partial charge is 0.308 e. The number of hydrogen-bond donors (Lipinski definition) is 2. The minimum absolute atomic E-state index is 0.756. The number of hydrogen-bond acceptors (Lipinski definition) is 5. The molecule has 0 fully saturated rings. The summed E-state index contributed by atoms with van der Waals surface area (Å²) in [4.78, 5) is 9.70. The lowest BCUT2D eigenvalue weighted by molar-refractivity contribution is 0.692. The van der Waals surface area contributed by atoms with Gasteiger partial charge in [-0.3, -0.25) is 9.67 Å². The first-order valence-corrected chi connectivity index (χ1v) is 8.48. The second-order valence-corrected chi connectivity index (χ2v) is 6.29. The molecule has 120 valence electrons. The average Bonchev–Trinajstić information content (AvgIpc) is 3.37. The molecule has 0 amide bonds. The summed E-state index contributed by atoms with van der Waals surface area (Å²) >= 11 is 1.71. The molecule has 0 aliphatic carbocycles. The topological polar surface area (TPSA) is 71.4 Å². The maximum absolute atomic E-state index is 4.46. The molecule has 0 bridgehead atoms. The highest BCUT2D eigenvalue weighted by molar-refractivity contribution is 7.13. The monoisotopic (exact) mass is 336 g/mol. The number of aromatic amines is 1. The van der Waals surface area contributed by atoms with Crippen molar-refractivity contribution in [2.24, 2.45) is 0 Å². The predicted octanol–water partition coefficient (Wildman–Crippen LogP) is 3.01. The lowest BCUT2D eigenvalue weighted by Gasteiger charge is -2.06. The third-order valence-electron chi connectivity index (χ3n) is 3.71. The first kappa shape index (κ1) is 14.8. The third kappa shape index (κ3) is 3.12. The summed E-state index contributed by atoms with van der Waals surface area (Å²) in [5.74, 6) is 0.867. The molecule has 7 heteroatoms. The molecule has 0 unspecified atom stereocenters. The summed E-state index contributed by atoms with van der Waals surface area (Å²) in [6.45, 7) is 1.51. The van der Waals surface area contributed by atoms with E-state index in [1.54, 1.807) is 23.9 Å². The van der Waals surface area contributed by atoms with Crippen molar-refractivity contribution in [2.75, 3.05) is 0 Å². The van der Waals surface area contributed by atoms with E-state index in [1.807, 2.05) is 35.3 Å². The smallest absolute Gasteiger partial charge is 0.137 e.